The van der Waals surface area contributed by atoms with E-state index in [2.05, 4.69) is 26.2 Å². The van der Waals surface area contributed by atoms with Crippen molar-refractivity contribution < 1.29 is 33.0 Å². The zero-order valence-electron chi connectivity index (χ0n) is 15.1. The molecule has 0 fully saturated rings. The summed E-state index contributed by atoms with van der Waals surface area (Å²) < 4.78 is 37.5. The van der Waals surface area contributed by atoms with E-state index in [-0.39, 0.29) is 29.9 Å². The van der Waals surface area contributed by atoms with E-state index in [4.69, 9.17) is 16.3 Å². The molecule has 1 aliphatic heterocycles. The van der Waals surface area contributed by atoms with Crippen molar-refractivity contribution in [2.75, 3.05) is 13.7 Å². The van der Waals surface area contributed by atoms with Gasteiger partial charge in [0.15, 0.2) is 17.2 Å². The monoisotopic (exact) mass is 395 g/mol. The van der Waals surface area contributed by atoms with Gasteiger partial charge in [0, 0.05) is 25.7 Å². The number of carbonyl (C=O) groups excluding carboxylic acids is 1. The second-order valence-electron chi connectivity index (χ2n) is 6.07. The van der Waals surface area contributed by atoms with Gasteiger partial charge in [-0.05, 0) is 18.2 Å². The SMILES string of the molecule is C#CCCC1(CCC(=O)NCC(F)(F)Oc2ccc(C(=O)O)cc2OC)N=N1. The Morgan fingerprint density at radius 1 is 1.32 bits per heavy atom. The number of terminal acetylenes is 1. The van der Waals surface area contributed by atoms with Gasteiger partial charge in [0.2, 0.25) is 5.91 Å². The second kappa shape index (κ2) is 8.65. The largest absolute Gasteiger partial charge is 0.493 e. The minimum absolute atomic E-state index is 0.0374. The first-order valence-corrected chi connectivity index (χ1v) is 8.33. The summed E-state index contributed by atoms with van der Waals surface area (Å²) in [6, 6.07) is 3.22. The van der Waals surface area contributed by atoms with Crippen molar-refractivity contribution in [1.29, 1.82) is 0 Å². The predicted octanol–water partition coefficient (Wildman–Crippen LogP) is 2.84. The van der Waals surface area contributed by atoms with Crippen molar-refractivity contribution in [3.63, 3.8) is 0 Å². The lowest BCUT2D eigenvalue weighted by Crippen LogP contribution is -2.40. The van der Waals surface area contributed by atoms with Gasteiger partial charge in [-0.2, -0.15) is 19.0 Å². The number of ether oxygens (including phenoxy) is 2. The Labute approximate surface area is 159 Å². The van der Waals surface area contributed by atoms with Gasteiger partial charge in [0.05, 0.1) is 12.7 Å². The van der Waals surface area contributed by atoms with Crippen LogP contribution in [0.1, 0.15) is 36.0 Å². The van der Waals surface area contributed by atoms with Crippen molar-refractivity contribution in [2.45, 2.75) is 37.5 Å². The van der Waals surface area contributed by atoms with Crippen LogP contribution in [0.25, 0.3) is 0 Å². The molecule has 0 saturated heterocycles. The van der Waals surface area contributed by atoms with Gasteiger partial charge >= 0.3 is 12.1 Å². The molecule has 28 heavy (non-hydrogen) atoms. The molecule has 10 heteroatoms. The third-order valence-electron chi connectivity index (χ3n) is 3.97. The fraction of sp³-hybridized carbons (Fsp3) is 0.444. The standard InChI is InChI=1S/C18H19F2N3O5/c1-3-4-8-17(22-23-17)9-7-15(24)21-11-18(19,20)28-13-6-5-12(16(25)26)10-14(13)27-2/h1,5-6,10H,4,7-9,11H2,2H3,(H,21,24)(H,25,26). The Morgan fingerprint density at radius 2 is 2.04 bits per heavy atom. The van der Waals surface area contributed by atoms with E-state index in [0.29, 0.717) is 12.8 Å². The van der Waals surface area contributed by atoms with Crippen LogP contribution in [-0.2, 0) is 4.79 Å². The molecule has 1 aromatic rings. The summed E-state index contributed by atoms with van der Waals surface area (Å²) in [4.78, 5) is 22.7. The lowest BCUT2D eigenvalue weighted by molar-refractivity contribution is -0.174. The van der Waals surface area contributed by atoms with E-state index in [1.165, 1.54) is 7.11 Å². The normalized spacial score (nSPS) is 14.1. The van der Waals surface area contributed by atoms with Crippen molar-refractivity contribution >= 4 is 11.9 Å². The maximum atomic E-state index is 14.0. The number of carboxylic acids is 1. The predicted molar refractivity (Wildman–Crippen MR) is 93.4 cm³/mol. The number of amides is 1. The Hall–Kier alpha value is -3.22. The highest BCUT2D eigenvalue weighted by atomic mass is 19.3. The van der Waals surface area contributed by atoms with Crippen LogP contribution in [-0.4, -0.2) is 42.4 Å². The zero-order valence-corrected chi connectivity index (χ0v) is 15.1. The van der Waals surface area contributed by atoms with Crippen molar-refractivity contribution in [2.24, 2.45) is 10.2 Å². The summed E-state index contributed by atoms with van der Waals surface area (Å²) in [5, 5.41) is 18.7. The molecule has 8 nitrogen and oxygen atoms in total. The summed E-state index contributed by atoms with van der Waals surface area (Å²) >= 11 is 0. The third-order valence-corrected chi connectivity index (χ3v) is 3.97. The van der Waals surface area contributed by atoms with Crippen LogP contribution in [0.2, 0.25) is 0 Å². The van der Waals surface area contributed by atoms with Crippen molar-refractivity contribution in [1.82, 2.24) is 5.32 Å². The van der Waals surface area contributed by atoms with Crippen LogP contribution in [0.15, 0.2) is 28.4 Å². The fourth-order valence-electron chi connectivity index (χ4n) is 2.35. The van der Waals surface area contributed by atoms with Crippen LogP contribution in [0, 0.1) is 12.3 Å². The van der Waals surface area contributed by atoms with Crippen molar-refractivity contribution in [3.05, 3.63) is 23.8 Å². The molecule has 1 aromatic carbocycles. The Balaban J connectivity index is 1.85. The van der Waals surface area contributed by atoms with Crippen LogP contribution in [0.3, 0.4) is 0 Å². The topological polar surface area (TPSA) is 110 Å². The summed E-state index contributed by atoms with van der Waals surface area (Å²) in [5.41, 5.74) is -0.808. The number of aromatic carboxylic acids is 1. The number of nitrogens with one attached hydrogen (secondary N) is 1. The zero-order chi connectivity index (χ0) is 20.8. The molecule has 0 radical (unpaired) electrons. The van der Waals surface area contributed by atoms with E-state index < -0.39 is 30.2 Å². The summed E-state index contributed by atoms with van der Waals surface area (Å²) in [6.45, 7) is -1.07. The van der Waals surface area contributed by atoms with Crippen LogP contribution in [0.5, 0.6) is 11.5 Å². The molecule has 1 aliphatic rings. The van der Waals surface area contributed by atoms with Gasteiger partial charge in [-0.1, -0.05) is 0 Å². The minimum Gasteiger partial charge on any atom is -0.493 e. The van der Waals surface area contributed by atoms with Crippen molar-refractivity contribution in [3.8, 4) is 23.8 Å². The average Bonchev–Trinajstić information content (AvgIpc) is 3.43. The number of halogens is 2. The molecule has 0 unspecified atom stereocenters. The number of rotatable bonds is 11. The first-order chi connectivity index (χ1) is 13.2. The number of carboxylic acid groups (broad SMARTS) is 1. The molecule has 2 rings (SSSR count). The van der Waals surface area contributed by atoms with E-state index in [1.54, 1.807) is 0 Å². The van der Waals surface area contributed by atoms with Crippen LogP contribution >= 0.6 is 0 Å². The lowest BCUT2D eigenvalue weighted by Gasteiger charge is -2.20. The molecule has 150 valence electrons. The smallest absolute Gasteiger partial charge is 0.415 e. The third kappa shape index (κ3) is 5.90. The molecule has 2 N–H and O–H groups in total. The van der Waals surface area contributed by atoms with Gasteiger partial charge in [-0.3, -0.25) is 4.79 Å². The lowest BCUT2D eigenvalue weighted by atomic mass is 10.0. The summed E-state index contributed by atoms with van der Waals surface area (Å²) in [7, 11) is 1.19. The summed E-state index contributed by atoms with van der Waals surface area (Å²) in [5.74, 6) is 0.0991. The molecule has 0 aliphatic carbocycles. The Bertz CT molecular complexity index is 814. The van der Waals surface area contributed by atoms with Crippen LogP contribution < -0.4 is 14.8 Å². The number of carbonyl (C=O) groups is 2. The maximum absolute atomic E-state index is 14.0. The number of hydrogen-bond donors (Lipinski definition) is 2. The Morgan fingerprint density at radius 3 is 2.61 bits per heavy atom. The molecule has 0 bridgehead atoms. The molecule has 0 saturated carbocycles. The number of nitrogens with zero attached hydrogens (tertiary/aromatic N) is 2. The van der Waals surface area contributed by atoms with Gasteiger partial charge < -0.3 is 19.9 Å². The van der Waals surface area contributed by atoms with E-state index in [1.807, 2.05) is 0 Å². The highest BCUT2D eigenvalue weighted by molar-refractivity contribution is 5.88. The number of alkyl halides is 2. The first-order valence-electron chi connectivity index (χ1n) is 8.33. The summed E-state index contributed by atoms with van der Waals surface area (Å²) in [6.07, 6.45) is 2.67. The second-order valence-corrected chi connectivity index (χ2v) is 6.07. The molecule has 1 amide bonds. The van der Waals surface area contributed by atoms with Crippen LogP contribution in [0.4, 0.5) is 8.78 Å². The van der Waals surface area contributed by atoms with Gasteiger partial charge in [-0.15, -0.1) is 12.3 Å². The maximum Gasteiger partial charge on any atom is 0.415 e. The van der Waals surface area contributed by atoms with E-state index in [9.17, 15) is 18.4 Å². The molecular formula is C18H19F2N3O5. The quantitative estimate of drug-likeness (QED) is 0.560. The average molecular weight is 395 g/mol. The highest BCUT2D eigenvalue weighted by Crippen LogP contribution is 2.37. The molecule has 0 spiro atoms. The minimum atomic E-state index is -3.73. The van der Waals surface area contributed by atoms with Gasteiger partial charge in [-0.25, -0.2) is 4.79 Å². The number of benzene rings is 1. The number of hydrogen-bond acceptors (Lipinski definition) is 6. The van der Waals surface area contributed by atoms with Gasteiger partial charge in [0.1, 0.15) is 6.54 Å². The molecular weight excluding hydrogens is 376 g/mol. The Kier molecular flexibility index (Phi) is 6.51. The van der Waals surface area contributed by atoms with E-state index >= 15 is 0 Å². The molecule has 1 heterocycles. The first kappa shape index (κ1) is 21.1. The fourth-order valence-corrected chi connectivity index (χ4v) is 2.35. The number of methoxy groups -OCH3 is 1. The van der Waals surface area contributed by atoms with E-state index in [0.717, 1.165) is 18.2 Å². The highest BCUT2D eigenvalue weighted by Gasteiger charge is 2.39. The van der Waals surface area contributed by atoms with Gasteiger partial charge in [0.25, 0.3) is 0 Å². The molecule has 0 atom stereocenters. The molecule has 0 aromatic heterocycles.